The lowest BCUT2D eigenvalue weighted by Gasteiger charge is -2.42. The number of fused-ring (bicyclic) bond motifs is 3. The first-order chi connectivity index (χ1) is 43.2. The number of anilines is 1. The molecule has 5 aliphatic rings. The summed E-state index contributed by atoms with van der Waals surface area (Å²) in [5.41, 5.74) is 4.20. The number of ketones is 3. The number of terminal acetylenes is 1. The van der Waals surface area contributed by atoms with Crippen LogP contribution in [0.15, 0.2) is 107 Å². The smallest absolute Gasteiger partial charge is 0.329 e. The van der Waals surface area contributed by atoms with Gasteiger partial charge in [-0.3, -0.25) is 24.1 Å². The van der Waals surface area contributed by atoms with E-state index in [0.717, 1.165) is 54.9 Å². The van der Waals surface area contributed by atoms with Gasteiger partial charge in [0, 0.05) is 95.0 Å². The quantitative estimate of drug-likeness (QED) is 0.0745. The molecule has 15 atom stereocenters. The number of carbonyl (C=O) groups excluding carboxylic acids is 5. The number of methoxy groups -OCH3 is 2. The van der Waals surface area contributed by atoms with Crippen molar-refractivity contribution in [3.05, 3.63) is 114 Å². The largest absolute Gasteiger partial charge is 0.469 e. The van der Waals surface area contributed by atoms with Gasteiger partial charge in [0.1, 0.15) is 35.9 Å². The molecule has 1 amide bonds. The number of ether oxygens (including phenoxy) is 5. The fourth-order valence-electron chi connectivity index (χ4n) is 13.8. The summed E-state index contributed by atoms with van der Waals surface area (Å²) in [6.07, 6.45) is 23.2. The highest BCUT2D eigenvalue weighted by molar-refractivity contribution is 6.39. The van der Waals surface area contributed by atoms with Crippen molar-refractivity contribution in [3.63, 3.8) is 0 Å². The zero-order valence-electron chi connectivity index (χ0n) is 54.4. The molecule has 6 heterocycles. The fourth-order valence-corrected chi connectivity index (χ4v) is 13.8. The van der Waals surface area contributed by atoms with Gasteiger partial charge >= 0.3 is 5.97 Å². The molecule has 0 spiro atoms. The lowest BCUT2D eigenvalue weighted by Crippen LogP contribution is -2.60. The zero-order chi connectivity index (χ0) is 64.6. The highest BCUT2D eigenvalue weighted by Gasteiger charge is 2.53. The van der Waals surface area contributed by atoms with E-state index in [4.69, 9.17) is 44.5 Å². The van der Waals surface area contributed by atoms with E-state index >= 15 is 0 Å². The van der Waals surface area contributed by atoms with Gasteiger partial charge in [0.05, 0.1) is 37.7 Å². The number of furan rings is 1. The number of hydrogen-bond donors (Lipinski definition) is 2. The Hall–Kier alpha value is -6.43. The third kappa shape index (κ3) is 17.8. The Kier molecular flexibility index (Phi) is 25.3. The van der Waals surface area contributed by atoms with Crippen molar-refractivity contribution >= 4 is 35.2 Å². The molecule has 2 aromatic heterocycles. The second-order valence-corrected chi connectivity index (χ2v) is 26.2. The normalized spacial score (nSPS) is 33.6. The molecule has 3 aromatic rings. The third-order valence-electron chi connectivity index (χ3n) is 19.5. The van der Waals surface area contributed by atoms with Crippen LogP contribution in [0.5, 0.6) is 0 Å². The van der Waals surface area contributed by atoms with Crippen molar-refractivity contribution in [1.29, 1.82) is 0 Å². The number of esters is 1. The summed E-state index contributed by atoms with van der Waals surface area (Å²) in [6.45, 7) is 17.3. The second kappa shape index (κ2) is 32.7. The lowest BCUT2D eigenvalue weighted by atomic mass is 9.78. The van der Waals surface area contributed by atoms with Crippen molar-refractivity contribution in [1.82, 2.24) is 19.8 Å². The number of aromatic nitrogens is 2. The maximum Gasteiger partial charge on any atom is 0.329 e. The molecular formula is C72H97N5O13. The number of cyclic esters (lactones) is 1. The monoisotopic (exact) mass is 1240 g/mol. The van der Waals surface area contributed by atoms with Crippen molar-refractivity contribution in [2.24, 2.45) is 35.5 Å². The van der Waals surface area contributed by atoms with E-state index in [0.29, 0.717) is 88.2 Å². The Morgan fingerprint density at radius 1 is 0.833 bits per heavy atom. The predicted molar refractivity (Wildman–Crippen MR) is 343 cm³/mol. The SMILES string of the molecule is C#CCN1CCN(c2ncc(-c3cccc(CO[C@@H]4CC[C@@H](C[C@@H](C)[C@@H]5CC(=O)[C@H](C)/C=C(\C)[C@@H](O)[C@@H](OC)C(=O)[C@H](C)C[C@H](C)/C=C/C=C/C=C(\C)C(c6ccco6)C[C@@H]6CC[C@@H](C)[C@@](O)(O6)C(=O)C(=O)N6CCCC[C@H]6C(=O)O5)C[C@H]4OC)c3)cn2)CC1. The van der Waals surface area contributed by atoms with Crippen molar-refractivity contribution in [2.75, 3.05) is 58.4 Å². The second-order valence-electron chi connectivity index (χ2n) is 26.2. The molecule has 0 radical (unpaired) electrons. The van der Waals surface area contributed by atoms with Crippen LogP contribution in [0.1, 0.15) is 143 Å². The summed E-state index contributed by atoms with van der Waals surface area (Å²) < 4.78 is 37.2. The van der Waals surface area contributed by atoms with Gasteiger partial charge in [0.15, 0.2) is 5.78 Å². The molecule has 18 nitrogen and oxygen atoms in total. The van der Waals surface area contributed by atoms with E-state index in [-0.39, 0.29) is 66.8 Å². The number of aliphatic hydroxyl groups is 2. The molecule has 1 unspecified atom stereocenters. The molecule has 2 bridgehead atoms. The van der Waals surface area contributed by atoms with Gasteiger partial charge in [-0.05, 0) is 137 Å². The summed E-state index contributed by atoms with van der Waals surface area (Å²) in [5, 5.41) is 24.0. The number of carbonyl (C=O) groups is 5. The van der Waals surface area contributed by atoms with Gasteiger partial charge in [-0.25, -0.2) is 14.8 Å². The molecular weight excluding hydrogens is 1140 g/mol. The number of Topliss-reactive ketones (excluding diaryl/α,β-unsaturated/α-hetero) is 3. The Labute approximate surface area is 532 Å². The molecule has 488 valence electrons. The van der Waals surface area contributed by atoms with Crippen LogP contribution in [-0.2, 0) is 54.3 Å². The van der Waals surface area contributed by atoms with Crippen LogP contribution in [0, 0.1) is 47.9 Å². The van der Waals surface area contributed by atoms with Gasteiger partial charge in [-0.15, -0.1) is 6.42 Å². The van der Waals surface area contributed by atoms with E-state index < -0.39 is 71.7 Å². The van der Waals surface area contributed by atoms with Crippen LogP contribution in [0.4, 0.5) is 5.95 Å². The van der Waals surface area contributed by atoms with E-state index in [1.807, 2.05) is 94.7 Å². The van der Waals surface area contributed by atoms with Crippen LogP contribution in [0.2, 0.25) is 0 Å². The first-order valence-corrected chi connectivity index (χ1v) is 32.6. The Balaban J connectivity index is 0.992. The number of piperidine rings is 1. The van der Waals surface area contributed by atoms with Crippen LogP contribution < -0.4 is 4.90 Å². The predicted octanol–water partition coefficient (Wildman–Crippen LogP) is 9.98. The molecule has 4 fully saturated rings. The fraction of sp³-hybridized carbons (Fsp3) is 0.597. The number of piperazine rings is 1. The maximum atomic E-state index is 14.8. The van der Waals surface area contributed by atoms with Gasteiger partial charge in [0.2, 0.25) is 11.7 Å². The minimum absolute atomic E-state index is 0.00474. The topological polar surface area (TPSA) is 221 Å². The highest BCUT2D eigenvalue weighted by atomic mass is 16.6. The minimum atomic E-state index is -2.47. The minimum Gasteiger partial charge on any atom is -0.469 e. The standard InChI is InChI=1S/C72H97N5O13/c1-11-29-75-31-33-76(34-32-75)71-73-43-56(44-74-71)55-22-17-21-54(39-55)45-88-62-28-26-53(40-64(62)85-9)38-49(5)63-42-60(78)48(4)37-51(7)66(80)67(86-10)65(79)50(6)36-46(2)19-13-12-14-20-47(3)58(61-24-18-35-87-61)41-57-27-25-52(8)72(84,90-57)68(81)69(82)77-30-16-15-23-59(77)70(83)89-63/h1,12-14,17-22,24,35,37,39,43-44,46,48-50,52-53,57-59,62-64,66-67,80,84H,15-16,23,25-34,36,38,40-42,45H2,2-10H3/b14-12+,19-13+,47-20+,51-37+/t46-,48-,49-,50-,52-,53+,57+,58?,59+,62-,63+,64-,66-,67+,72-/m1/s1. The van der Waals surface area contributed by atoms with Crippen LogP contribution in [0.25, 0.3) is 11.1 Å². The van der Waals surface area contributed by atoms with E-state index in [2.05, 4.69) is 21.8 Å². The Bertz CT molecular complexity index is 3050. The number of nitrogens with zero attached hydrogens (tertiary/aromatic N) is 5. The highest BCUT2D eigenvalue weighted by Crippen LogP contribution is 2.41. The molecule has 3 saturated heterocycles. The molecule has 8 rings (SSSR count). The Morgan fingerprint density at radius 2 is 1.60 bits per heavy atom. The molecule has 90 heavy (non-hydrogen) atoms. The maximum absolute atomic E-state index is 14.8. The van der Waals surface area contributed by atoms with E-state index in [1.54, 1.807) is 46.3 Å². The number of benzene rings is 1. The average Bonchev–Trinajstić information content (AvgIpc) is 1.02. The first-order valence-electron chi connectivity index (χ1n) is 32.6. The Morgan fingerprint density at radius 3 is 2.31 bits per heavy atom. The van der Waals surface area contributed by atoms with Gasteiger partial charge in [-0.1, -0.05) is 101 Å². The summed E-state index contributed by atoms with van der Waals surface area (Å²) in [6, 6.07) is 10.7. The van der Waals surface area contributed by atoms with Crippen molar-refractivity contribution in [3.8, 4) is 23.5 Å². The summed E-state index contributed by atoms with van der Waals surface area (Å²) in [5.74, 6) is -4.36. The number of hydrogen-bond acceptors (Lipinski definition) is 17. The van der Waals surface area contributed by atoms with E-state index in [9.17, 15) is 34.2 Å². The summed E-state index contributed by atoms with van der Waals surface area (Å²) in [4.78, 5) is 87.7. The third-order valence-corrected chi connectivity index (χ3v) is 19.5. The van der Waals surface area contributed by atoms with E-state index in [1.165, 1.54) is 12.0 Å². The van der Waals surface area contributed by atoms with Gasteiger partial charge < -0.3 is 48.1 Å². The number of aliphatic hydroxyl groups excluding tert-OH is 1. The molecule has 1 aliphatic carbocycles. The molecule has 1 aromatic carbocycles. The summed E-state index contributed by atoms with van der Waals surface area (Å²) in [7, 11) is 3.08. The number of rotatable bonds is 12. The van der Waals surface area contributed by atoms with Gasteiger partial charge in [0.25, 0.3) is 11.7 Å². The molecule has 4 aliphatic heterocycles. The van der Waals surface area contributed by atoms with Crippen LogP contribution in [0.3, 0.4) is 0 Å². The molecule has 2 N–H and O–H groups in total. The van der Waals surface area contributed by atoms with Crippen molar-refractivity contribution in [2.45, 2.75) is 186 Å². The van der Waals surface area contributed by atoms with Crippen LogP contribution in [-0.4, -0.2) is 161 Å². The summed E-state index contributed by atoms with van der Waals surface area (Å²) >= 11 is 0. The number of amides is 1. The average molecular weight is 1240 g/mol. The first kappa shape index (κ1) is 69.5. The number of allylic oxidation sites excluding steroid dienone is 7. The molecule has 1 saturated carbocycles. The molecule has 18 heteroatoms. The van der Waals surface area contributed by atoms with Crippen LogP contribution >= 0.6 is 0 Å². The zero-order valence-corrected chi connectivity index (χ0v) is 54.4. The van der Waals surface area contributed by atoms with Gasteiger partial charge in [-0.2, -0.15) is 0 Å². The lowest BCUT2D eigenvalue weighted by molar-refractivity contribution is -0.264. The van der Waals surface area contributed by atoms with Crippen molar-refractivity contribution < 1.29 is 62.3 Å².